The Morgan fingerprint density at radius 3 is 2.05 bits per heavy atom. The highest BCUT2D eigenvalue weighted by molar-refractivity contribution is 6.42. The smallest absolute Gasteiger partial charge is 0.142 e. The summed E-state index contributed by atoms with van der Waals surface area (Å²) in [7, 11) is 0. The van der Waals surface area contributed by atoms with Gasteiger partial charge in [0.1, 0.15) is 6.61 Å². The molecule has 0 saturated heterocycles. The number of hydrogen-bond acceptors (Lipinski definition) is 6. The van der Waals surface area contributed by atoms with Gasteiger partial charge in [0.2, 0.25) is 0 Å². The molecule has 0 aliphatic carbocycles. The van der Waals surface area contributed by atoms with Crippen molar-refractivity contribution in [1.29, 1.82) is 0 Å². The van der Waals surface area contributed by atoms with Crippen LogP contribution in [0.15, 0.2) is 50.8 Å². The zero-order chi connectivity index (χ0) is 15.7. The Labute approximate surface area is 124 Å². The minimum atomic E-state index is 0.407. The predicted molar refractivity (Wildman–Crippen MR) is 85.5 cm³/mol. The lowest BCUT2D eigenvalue weighted by Crippen LogP contribution is -2.08. The zero-order valence-electron chi connectivity index (χ0n) is 12.7. The Morgan fingerprint density at radius 2 is 1.48 bits per heavy atom. The van der Waals surface area contributed by atoms with Crippen molar-refractivity contribution in [2.75, 3.05) is 0 Å². The molecule has 0 spiro atoms. The molecule has 6 nitrogen and oxygen atoms in total. The van der Waals surface area contributed by atoms with Crippen LogP contribution in [0.4, 0.5) is 0 Å². The highest BCUT2D eigenvalue weighted by atomic mass is 16.6. The molecule has 112 valence electrons. The largest absolute Gasteiger partial charge is 0.411 e. The number of oxime groups is 2. The molecule has 0 aromatic heterocycles. The molecule has 1 rings (SSSR count). The van der Waals surface area contributed by atoms with Gasteiger partial charge in [-0.1, -0.05) is 40.6 Å². The van der Waals surface area contributed by atoms with Crippen LogP contribution >= 0.6 is 0 Å². The third kappa shape index (κ3) is 5.99. The lowest BCUT2D eigenvalue weighted by molar-refractivity contribution is 0.131. The molecule has 0 amide bonds. The Kier molecular flexibility index (Phi) is 6.80. The predicted octanol–water partition coefficient (Wildman–Crippen LogP) is 3.27. The average Bonchev–Trinajstić information content (AvgIpc) is 2.52. The molecular formula is C15H20N4O2. The maximum Gasteiger partial charge on any atom is 0.142 e. The molecule has 0 radical (unpaired) electrons. The summed E-state index contributed by atoms with van der Waals surface area (Å²) in [4.78, 5) is 5.27. The lowest BCUT2D eigenvalue weighted by atomic mass is 10.2. The van der Waals surface area contributed by atoms with Gasteiger partial charge in [0.15, 0.2) is 0 Å². The van der Waals surface area contributed by atoms with E-state index < -0.39 is 0 Å². The highest BCUT2D eigenvalue weighted by Crippen LogP contribution is 2.01. The van der Waals surface area contributed by atoms with Crippen LogP contribution in [0.2, 0.25) is 0 Å². The molecule has 0 unspecified atom stereocenters. The van der Waals surface area contributed by atoms with E-state index in [2.05, 4.69) is 20.5 Å². The van der Waals surface area contributed by atoms with E-state index in [0.29, 0.717) is 29.5 Å². The van der Waals surface area contributed by atoms with Crippen molar-refractivity contribution >= 4 is 22.8 Å². The second-order valence-corrected chi connectivity index (χ2v) is 4.49. The van der Waals surface area contributed by atoms with Crippen LogP contribution in [-0.2, 0) is 11.4 Å². The van der Waals surface area contributed by atoms with Crippen LogP contribution in [-0.4, -0.2) is 28.1 Å². The summed E-state index contributed by atoms with van der Waals surface area (Å²) in [6.45, 7) is 7.34. The van der Waals surface area contributed by atoms with Gasteiger partial charge in [-0.3, -0.25) is 0 Å². The van der Waals surface area contributed by atoms with Gasteiger partial charge >= 0.3 is 0 Å². The van der Waals surface area contributed by atoms with Crippen molar-refractivity contribution in [3.8, 4) is 0 Å². The fraction of sp³-hybridized carbons (Fsp3) is 0.333. The van der Waals surface area contributed by atoms with Gasteiger partial charge < -0.3 is 10.0 Å². The molecule has 0 fully saturated rings. The quantitative estimate of drug-likeness (QED) is 0.495. The van der Waals surface area contributed by atoms with E-state index in [1.807, 2.05) is 30.3 Å². The molecule has 21 heavy (non-hydrogen) atoms. The maximum atomic E-state index is 8.62. The number of nitrogens with zero attached hydrogens (tertiary/aromatic N) is 4. The standard InChI is InChI=1S/C15H20N4O2/c1-11(13(3)18-20)16-17-12(2)14(4)19-21-10-15-8-6-5-7-9-15/h5-9,20H,10H2,1-4H3/b16-11+,17-12-,18-13-,19-14+. The Bertz CT molecular complexity index is 575. The SMILES string of the molecule is CC(=N/O)/C(C)=N/N=C(C)\C(C)=N\OCc1ccccc1. The monoisotopic (exact) mass is 288 g/mol. The van der Waals surface area contributed by atoms with Crippen LogP contribution in [0.5, 0.6) is 0 Å². The molecule has 1 N–H and O–H groups in total. The summed E-state index contributed by atoms with van der Waals surface area (Å²) in [6, 6.07) is 9.79. The number of benzene rings is 1. The Hall–Kier alpha value is -2.50. The third-order valence-corrected chi connectivity index (χ3v) is 2.82. The number of rotatable bonds is 6. The van der Waals surface area contributed by atoms with Gasteiger partial charge in [-0.25, -0.2) is 0 Å². The van der Waals surface area contributed by atoms with Crippen molar-refractivity contribution in [2.24, 2.45) is 20.5 Å². The molecular weight excluding hydrogens is 268 g/mol. The molecule has 0 aliphatic rings. The summed E-state index contributed by atoms with van der Waals surface area (Å²) >= 11 is 0. The van der Waals surface area contributed by atoms with Crippen molar-refractivity contribution in [3.63, 3.8) is 0 Å². The molecule has 1 aromatic rings. The Morgan fingerprint density at radius 1 is 0.905 bits per heavy atom. The first kappa shape index (κ1) is 16.6. The second-order valence-electron chi connectivity index (χ2n) is 4.49. The minimum absolute atomic E-state index is 0.407. The fourth-order valence-electron chi connectivity index (χ4n) is 1.21. The lowest BCUT2D eigenvalue weighted by Gasteiger charge is -2.01. The van der Waals surface area contributed by atoms with Gasteiger partial charge in [0.25, 0.3) is 0 Å². The highest BCUT2D eigenvalue weighted by Gasteiger charge is 2.00. The first-order chi connectivity index (χ1) is 10.0. The molecule has 0 heterocycles. The van der Waals surface area contributed by atoms with Crippen LogP contribution in [0.3, 0.4) is 0 Å². The second kappa shape index (κ2) is 8.63. The average molecular weight is 288 g/mol. The summed E-state index contributed by atoms with van der Waals surface area (Å²) < 4.78 is 0. The molecule has 0 saturated carbocycles. The normalized spacial score (nSPS) is 14.3. The van der Waals surface area contributed by atoms with Crippen LogP contribution < -0.4 is 0 Å². The zero-order valence-corrected chi connectivity index (χ0v) is 12.7. The first-order valence-electron chi connectivity index (χ1n) is 6.53. The molecule has 0 aliphatic heterocycles. The molecule has 0 atom stereocenters. The summed E-state index contributed by atoms with van der Waals surface area (Å²) in [5, 5.41) is 23.7. The molecule has 1 aromatic carbocycles. The van der Waals surface area contributed by atoms with E-state index in [1.54, 1.807) is 27.7 Å². The van der Waals surface area contributed by atoms with Crippen molar-refractivity contribution in [2.45, 2.75) is 34.3 Å². The van der Waals surface area contributed by atoms with Gasteiger partial charge in [0.05, 0.1) is 22.8 Å². The van der Waals surface area contributed by atoms with E-state index in [9.17, 15) is 0 Å². The summed E-state index contributed by atoms with van der Waals surface area (Å²) in [5.41, 5.74) is 3.28. The third-order valence-electron chi connectivity index (χ3n) is 2.82. The van der Waals surface area contributed by atoms with Gasteiger partial charge in [0, 0.05) is 0 Å². The minimum Gasteiger partial charge on any atom is -0.411 e. The van der Waals surface area contributed by atoms with E-state index >= 15 is 0 Å². The van der Waals surface area contributed by atoms with Crippen LogP contribution in [0, 0.1) is 0 Å². The molecule has 6 heteroatoms. The van der Waals surface area contributed by atoms with Gasteiger partial charge in [-0.2, -0.15) is 10.2 Å². The van der Waals surface area contributed by atoms with Crippen molar-refractivity contribution in [1.82, 2.24) is 0 Å². The summed E-state index contributed by atoms with van der Waals surface area (Å²) in [6.07, 6.45) is 0. The van der Waals surface area contributed by atoms with Gasteiger partial charge in [-0.15, -0.1) is 0 Å². The van der Waals surface area contributed by atoms with Crippen molar-refractivity contribution in [3.05, 3.63) is 35.9 Å². The number of hydrogen-bond donors (Lipinski definition) is 1. The fourth-order valence-corrected chi connectivity index (χ4v) is 1.21. The van der Waals surface area contributed by atoms with E-state index in [4.69, 9.17) is 10.0 Å². The van der Waals surface area contributed by atoms with Crippen LogP contribution in [0.25, 0.3) is 0 Å². The molecule has 0 bridgehead atoms. The Balaban J connectivity index is 2.61. The summed E-state index contributed by atoms with van der Waals surface area (Å²) in [5.74, 6) is 0. The van der Waals surface area contributed by atoms with Gasteiger partial charge in [-0.05, 0) is 33.3 Å². The maximum absolute atomic E-state index is 8.62. The van der Waals surface area contributed by atoms with E-state index in [1.165, 1.54) is 0 Å². The van der Waals surface area contributed by atoms with E-state index in [0.717, 1.165) is 5.56 Å². The van der Waals surface area contributed by atoms with Crippen molar-refractivity contribution < 1.29 is 10.0 Å². The van der Waals surface area contributed by atoms with E-state index in [-0.39, 0.29) is 0 Å². The first-order valence-corrected chi connectivity index (χ1v) is 6.53. The van der Waals surface area contributed by atoms with Crippen LogP contribution in [0.1, 0.15) is 33.3 Å². The topological polar surface area (TPSA) is 78.9 Å².